The second-order valence-electron chi connectivity index (χ2n) is 4.53. The molecule has 21 heavy (non-hydrogen) atoms. The zero-order valence-corrected chi connectivity index (χ0v) is 11.6. The van der Waals surface area contributed by atoms with Crippen molar-refractivity contribution in [2.24, 2.45) is 0 Å². The first-order chi connectivity index (χ1) is 10.1. The number of carbonyl (C=O) groups is 1. The number of benzene rings is 1. The Hall–Kier alpha value is -2.48. The molecule has 8 heteroatoms. The van der Waals surface area contributed by atoms with Crippen LogP contribution in [0.4, 0.5) is 10.1 Å². The van der Waals surface area contributed by atoms with Crippen molar-refractivity contribution in [3.8, 4) is 5.75 Å². The maximum Gasteiger partial charge on any atom is 0.345 e. The lowest BCUT2D eigenvalue weighted by atomic mass is 10.2. The van der Waals surface area contributed by atoms with Gasteiger partial charge in [-0.2, -0.15) is 0 Å². The number of carbonyl (C=O) groups excluding carboxylic acids is 1. The number of thiazole rings is 1. The lowest BCUT2D eigenvalue weighted by Gasteiger charge is -2.09. The molecule has 7 nitrogen and oxygen atoms in total. The van der Waals surface area contributed by atoms with E-state index in [9.17, 15) is 14.9 Å². The number of nitro groups is 1. The average molecular weight is 305 g/mol. The largest absolute Gasteiger partial charge is 0.490 e. The van der Waals surface area contributed by atoms with Gasteiger partial charge < -0.3 is 4.74 Å². The fourth-order valence-corrected chi connectivity index (χ4v) is 2.32. The molecule has 1 aromatic carbocycles. The van der Waals surface area contributed by atoms with Crippen molar-refractivity contribution in [2.45, 2.75) is 18.9 Å². The molecule has 0 spiro atoms. The van der Waals surface area contributed by atoms with E-state index in [2.05, 4.69) is 10.3 Å². The quantitative estimate of drug-likeness (QED) is 0.677. The first-order valence-electron chi connectivity index (χ1n) is 6.31. The molecule has 1 amide bonds. The van der Waals surface area contributed by atoms with E-state index in [1.165, 1.54) is 0 Å². The van der Waals surface area contributed by atoms with Crippen molar-refractivity contribution in [3.63, 3.8) is 0 Å². The standard InChI is InChI=1S/C13H11N3O4S/c17-12(15-13-14-7-11(21-13)16(18)19)9-3-1-2-4-10(9)20-8-5-6-8/h1-4,7-8H,5-6H2,(H,14,15,17). The summed E-state index contributed by atoms with van der Waals surface area (Å²) in [6, 6.07) is 6.91. The van der Waals surface area contributed by atoms with E-state index in [1.54, 1.807) is 24.3 Å². The Morgan fingerprint density at radius 3 is 2.86 bits per heavy atom. The number of hydrogen-bond acceptors (Lipinski definition) is 6. The maximum absolute atomic E-state index is 12.2. The van der Waals surface area contributed by atoms with E-state index in [4.69, 9.17) is 4.74 Å². The predicted octanol–water partition coefficient (Wildman–Crippen LogP) is 2.84. The van der Waals surface area contributed by atoms with E-state index >= 15 is 0 Å². The number of rotatable bonds is 5. The minimum atomic E-state index is -0.544. The molecule has 1 saturated carbocycles. The zero-order chi connectivity index (χ0) is 14.8. The van der Waals surface area contributed by atoms with Gasteiger partial charge in [0.2, 0.25) is 0 Å². The van der Waals surface area contributed by atoms with Gasteiger partial charge in [-0.15, -0.1) is 0 Å². The van der Waals surface area contributed by atoms with Crippen LogP contribution < -0.4 is 10.1 Å². The van der Waals surface area contributed by atoms with Crippen LogP contribution in [-0.2, 0) is 0 Å². The third-order valence-electron chi connectivity index (χ3n) is 2.84. The number of para-hydroxylation sites is 1. The van der Waals surface area contributed by atoms with Crippen LogP contribution in [0.2, 0.25) is 0 Å². The minimum absolute atomic E-state index is 0.118. The van der Waals surface area contributed by atoms with Crippen LogP contribution in [-0.4, -0.2) is 21.9 Å². The molecule has 1 aromatic heterocycles. The third-order valence-corrected chi connectivity index (χ3v) is 3.71. The molecule has 1 aliphatic rings. The summed E-state index contributed by atoms with van der Waals surface area (Å²) in [5, 5.41) is 13.2. The van der Waals surface area contributed by atoms with Crippen LogP contribution >= 0.6 is 11.3 Å². The monoisotopic (exact) mass is 305 g/mol. The Balaban J connectivity index is 1.76. The minimum Gasteiger partial charge on any atom is -0.490 e. The van der Waals surface area contributed by atoms with Crippen molar-refractivity contribution in [2.75, 3.05) is 5.32 Å². The summed E-state index contributed by atoms with van der Waals surface area (Å²) in [5.41, 5.74) is 0.391. The van der Waals surface area contributed by atoms with Crippen LogP contribution in [0.15, 0.2) is 30.5 Å². The molecule has 0 unspecified atom stereocenters. The first kappa shape index (κ1) is 13.5. The number of nitrogens with zero attached hydrogens (tertiary/aromatic N) is 2. The Labute approximate surface area is 123 Å². The highest BCUT2D eigenvalue weighted by Gasteiger charge is 2.25. The van der Waals surface area contributed by atoms with Gasteiger partial charge in [0.05, 0.1) is 16.6 Å². The molecule has 0 atom stereocenters. The van der Waals surface area contributed by atoms with Gasteiger partial charge in [0.15, 0.2) is 5.13 Å². The van der Waals surface area contributed by atoms with Crippen molar-refractivity contribution in [3.05, 3.63) is 46.1 Å². The van der Waals surface area contributed by atoms with Crippen LogP contribution in [0.1, 0.15) is 23.2 Å². The van der Waals surface area contributed by atoms with Crippen molar-refractivity contribution >= 4 is 27.4 Å². The smallest absolute Gasteiger partial charge is 0.345 e. The third kappa shape index (κ3) is 3.16. The second-order valence-corrected chi connectivity index (χ2v) is 5.54. The van der Waals surface area contributed by atoms with Crippen LogP contribution in [0.25, 0.3) is 0 Å². The molecule has 1 heterocycles. The summed E-state index contributed by atoms with van der Waals surface area (Å²) in [7, 11) is 0. The van der Waals surface area contributed by atoms with Gasteiger partial charge in [-0.25, -0.2) is 4.98 Å². The highest BCUT2D eigenvalue weighted by atomic mass is 32.1. The van der Waals surface area contributed by atoms with Gasteiger partial charge in [0, 0.05) is 0 Å². The summed E-state index contributed by atoms with van der Waals surface area (Å²) in [6.45, 7) is 0. The highest BCUT2D eigenvalue weighted by Crippen LogP contribution is 2.30. The van der Waals surface area contributed by atoms with E-state index < -0.39 is 10.8 Å². The number of hydrogen-bond donors (Lipinski definition) is 1. The zero-order valence-electron chi connectivity index (χ0n) is 10.8. The van der Waals surface area contributed by atoms with Crippen LogP contribution in [0, 0.1) is 10.1 Å². The van der Waals surface area contributed by atoms with E-state index in [0.717, 1.165) is 30.4 Å². The molecule has 1 aliphatic carbocycles. The lowest BCUT2D eigenvalue weighted by molar-refractivity contribution is -0.380. The Kier molecular flexibility index (Phi) is 3.53. The Morgan fingerprint density at radius 2 is 2.19 bits per heavy atom. The van der Waals surface area contributed by atoms with Gasteiger partial charge in [-0.1, -0.05) is 12.1 Å². The van der Waals surface area contributed by atoms with Crippen LogP contribution in [0.3, 0.4) is 0 Å². The molecule has 3 rings (SSSR count). The topological polar surface area (TPSA) is 94.4 Å². The molecular weight excluding hydrogens is 294 g/mol. The summed E-state index contributed by atoms with van der Waals surface area (Å²) < 4.78 is 5.67. The van der Waals surface area contributed by atoms with Crippen molar-refractivity contribution in [1.29, 1.82) is 0 Å². The van der Waals surface area contributed by atoms with Gasteiger partial charge in [0.25, 0.3) is 5.91 Å². The molecule has 2 aromatic rings. The van der Waals surface area contributed by atoms with Crippen molar-refractivity contribution in [1.82, 2.24) is 4.98 Å². The number of aromatic nitrogens is 1. The summed E-state index contributed by atoms with van der Waals surface area (Å²) >= 11 is 0.813. The van der Waals surface area contributed by atoms with Crippen molar-refractivity contribution < 1.29 is 14.5 Å². The normalized spacial score (nSPS) is 13.7. The predicted molar refractivity (Wildman–Crippen MR) is 76.8 cm³/mol. The fraction of sp³-hybridized carbons (Fsp3) is 0.231. The molecule has 0 aliphatic heterocycles. The molecule has 1 fully saturated rings. The number of anilines is 1. The van der Waals surface area contributed by atoms with E-state index in [-0.39, 0.29) is 16.2 Å². The van der Waals surface area contributed by atoms with E-state index in [1.807, 2.05) is 0 Å². The van der Waals surface area contributed by atoms with Crippen LogP contribution in [0.5, 0.6) is 5.75 Å². The number of amides is 1. The van der Waals surface area contributed by atoms with Gasteiger partial charge >= 0.3 is 5.00 Å². The summed E-state index contributed by atoms with van der Waals surface area (Å²) in [6.07, 6.45) is 3.29. The fourth-order valence-electron chi connectivity index (χ4n) is 1.69. The first-order valence-corrected chi connectivity index (χ1v) is 7.12. The number of ether oxygens (including phenoxy) is 1. The second kappa shape index (κ2) is 5.49. The molecular formula is C13H11N3O4S. The van der Waals surface area contributed by atoms with Gasteiger partial charge in [0.1, 0.15) is 11.9 Å². The van der Waals surface area contributed by atoms with Gasteiger partial charge in [-0.3, -0.25) is 20.2 Å². The molecule has 1 N–H and O–H groups in total. The maximum atomic E-state index is 12.2. The molecule has 0 radical (unpaired) electrons. The highest BCUT2D eigenvalue weighted by molar-refractivity contribution is 7.18. The molecule has 0 bridgehead atoms. The Morgan fingerprint density at radius 1 is 1.43 bits per heavy atom. The summed E-state index contributed by atoms with van der Waals surface area (Å²) in [5.74, 6) is 0.124. The average Bonchev–Trinajstić information content (AvgIpc) is 3.15. The van der Waals surface area contributed by atoms with Gasteiger partial charge in [-0.05, 0) is 36.3 Å². The molecule has 108 valence electrons. The summed E-state index contributed by atoms with van der Waals surface area (Å²) in [4.78, 5) is 26.1. The lowest BCUT2D eigenvalue weighted by Crippen LogP contribution is -2.13. The number of nitrogens with one attached hydrogen (secondary N) is 1. The van der Waals surface area contributed by atoms with E-state index in [0.29, 0.717) is 11.3 Å². The molecule has 0 saturated heterocycles. The SMILES string of the molecule is O=C(Nc1ncc([N+](=O)[O-])s1)c1ccccc1OC1CC1. The Bertz CT molecular complexity index is 696.